The molecule has 1 heterocycles. The monoisotopic (exact) mass is 251 g/mol. The molecule has 0 atom stereocenters. The summed E-state index contributed by atoms with van der Waals surface area (Å²) < 4.78 is 0. The fourth-order valence-electron chi connectivity index (χ4n) is 1.72. The minimum absolute atomic E-state index is 0.146. The SMILES string of the molecule is O=C(Cl)c1ccc(CN2C(=O)CCC2=O)cc1. The molecule has 0 unspecified atom stereocenters. The van der Waals surface area contributed by atoms with Crippen LogP contribution in [0.2, 0.25) is 0 Å². The third-order valence-corrected chi connectivity index (χ3v) is 2.89. The van der Waals surface area contributed by atoms with Gasteiger partial charge in [0, 0.05) is 18.4 Å². The molecule has 0 bridgehead atoms. The molecule has 0 N–H and O–H groups in total. The average molecular weight is 252 g/mol. The fourth-order valence-corrected chi connectivity index (χ4v) is 1.85. The lowest BCUT2D eigenvalue weighted by Crippen LogP contribution is -2.28. The first-order chi connectivity index (χ1) is 8.08. The highest BCUT2D eigenvalue weighted by molar-refractivity contribution is 6.67. The molecule has 17 heavy (non-hydrogen) atoms. The fraction of sp³-hybridized carbons (Fsp3) is 0.250. The normalized spacial score (nSPS) is 15.5. The van der Waals surface area contributed by atoms with Crippen LogP contribution in [-0.2, 0) is 16.1 Å². The van der Waals surface area contributed by atoms with Gasteiger partial charge in [-0.05, 0) is 29.3 Å². The summed E-state index contributed by atoms with van der Waals surface area (Å²) >= 11 is 5.31. The van der Waals surface area contributed by atoms with E-state index in [0.717, 1.165) is 5.56 Å². The predicted molar refractivity (Wildman–Crippen MR) is 61.4 cm³/mol. The van der Waals surface area contributed by atoms with Crippen molar-refractivity contribution in [1.29, 1.82) is 0 Å². The van der Waals surface area contributed by atoms with Crippen molar-refractivity contribution in [3.8, 4) is 0 Å². The summed E-state index contributed by atoms with van der Waals surface area (Å²) in [6, 6.07) is 6.54. The molecule has 2 amide bonds. The molecular weight excluding hydrogens is 242 g/mol. The molecule has 0 aromatic heterocycles. The molecule has 0 aliphatic carbocycles. The molecule has 1 aromatic carbocycles. The summed E-state index contributed by atoms with van der Waals surface area (Å²) in [7, 11) is 0. The maximum absolute atomic E-state index is 11.4. The van der Waals surface area contributed by atoms with Crippen LogP contribution in [0.15, 0.2) is 24.3 Å². The highest BCUT2D eigenvalue weighted by Crippen LogP contribution is 2.16. The van der Waals surface area contributed by atoms with Crippen molar-refractivity contribution in [2.75, 3.05) is 0 Å². The smallest absolute Gasteiger partial charge is 0.252 e. The number of imide groups is 1. The Morgan fingerprint density at radius 2 is 1.65 bits per heavy atom. The van der Waals surface area contributed by atoms with Crippen LogP contribution in [0.25, 0.3) is 0 Å². The second-order valence-corrected chi connectivity index (χ2v) is 4.19. The van der Waals surface area contributed by atoms with E-state index in [4.69, 9.17) is 11.6 Å². The minimum atomic E-state index is -0.523. The van der Waals surface area contributed by atoms with Gasteiger partial charge in [-0.15, -0.1) is 0 Å². The Kier molecular flexibility index (Phi) is 3.24. The average Bonchev–Trinajstić information content (AvgIpc) is 2.61. The van der Waals surface area contributed by atoms with E-state index in [1.54, 1.807) is 24.3 Å². The molecule has 1 aliphatic heterocycles. The predicted octanol–water partition coefficient (Wildman–Crippen LogP) is 1.71. The van der Waals surface area contributed by atoms with Gasteiger partial charge in [0.15, 0.2) is 0 Å². The standard InChI is InChI=1S/C12H10ClNO3/c13-12(17)9-3-1-8(2-4-9)7-14-10(15)5-6-11(14)16/h1-4H,5-7H2. The van der Waals surface area contributed by atoms with E-state index < -0.39 is 5.24 Å². The molecule has 0 saturated carbocycles. The van der Waals surface area contributed by atoms with Crippen molar-refractivity contribution < 1.29 is 14.4 Å². The highest BCUT2D eigenvalue weighted by atomic mass is 35.5. The molecule has 88 valence electrons. The number of benzene rings is 1. The van der Waals surface area contributed by atoms with Crippen molar-refractivity contribution in [1.82, 2.24) is 4.90 Å². The summed E-state index contributed by atoms with van der Waals surface area (Å²) in [5.41, 5.74) is 1.20. The van der Waals surface area contributed by atoms with Gasteiger partial charge in [0.05, 0.1) is 6.54 Å². The maximum atomic E-state index is 11.4. The van der Waals surface area contributed by atoms with E-state index >= 15 is 0 Å². The van der Waals surface area contributed by atoms with E-state index in [1.165, 1.54) is 4.90 Å². The number of rotatable bonds is 3. The van der Waals surface area contributed by atoms with Gasteiger partial charge < -0.3 is 0 Å². The molecule has 5 heteroatoms. The summed E-state index contributed by atoms with van der Waals surface area (Å²) in [4.78, 5) is 34.9. The zero-order valence-corrected chi connectivity index (χ0v) is 9.74. The Balaban J connectivity index is 2.11. The lowest BCUT2D eigenvalue weighted by atomic mass is 10.1. The minimum Gasteiger partial charge on any atom is -0.278 e. The van der Waals surface area contributed by atoms with Crippen molar-refractivity contribution in [3.63, 3.8) is 0 Å². The Labute approximate surface area is 103 Å². The van der Waals surface area contributed by atoms with Gasteiger partial charge in [0.2, 0.25) is 11.8 Å². The first kappa shape index (κ1) is 11.8. The number of likely N-dealkylation sites (tertiary alicyclic amines) is 1. The van der Waals surface area contributed by atoms with Crippen molar-refractivity contribution in [2.45, 2.75) is 19.4 Å². The van der Waals surface area contributed by atoms with E-state index in [-0.39, 0.29) is 31.2 Å². The number of hydrogen-bond donors (Lipinski definition) is 0. The molecule has 1 aliphatic rings. The van der Waals surface area contributed by atoms with Gasteiger partial charge in [0.25, 0.3) is 5.24 Å². The maximum Gasteiger partial charge on any atom is 0.252 e. The summed E-state index contributed by atoms with van der Waals surface area (Å²) in [5, 5.41) is -0.523. The number of halogens is 1. The second-order valence-electron chi connectivity index (χ2n) is 3.84. The zero-order chi connectivity index (χ0) is 12.4. The summed E-state index contributed by atoms with van der Waals surface area (Å²) in [6.07, 6.45) is 0.578. The lowest BCUT2D eigenvalue weighted by molar-refractivity contribution is -0.139. The van der Waals surface area contributed by atoms with Crippen LogP contribution >= 0.6 is 11.6 Å². The van der Waals surface area contributed by atoms with Crippen LogP contribution in [0.5, 0.6) is 0 Å². The Morgan fingerprint density at radius 1 is 1.12 bits per heavy atom. The molecule has 1 fully saturated rings. The van der Waals surface area contributed by atoms with Crippen LogP contribution < -0.4 is 0 Å². The molecular formula is C12H10ClNO3. The van der Waals surface area contributed by atoms with Crippen LogP contribution in [-0.4, -0.2) is 22.0 Å². The zero-order valence-electron chi connectivity index (χ0n) is 8.98. The van der Waals surface area contributed by atoms with Gasteiger partial charge in [-0.25, -0.2) is 0 Å². The topological polar surface area (TPSA) is 54.5 Å². The van der Waals surface area contributed by atoms with Crippen molar-refractivity contribution in [3.05, 3.63) is 35.4 Å². The van der Waals surface area contributed by atoms with Crippen molar-refractivity contribution >= 4 is 28.7 Å². The van der Waals surface area contributed by atoms with E-state index in [0.29, 0.717) is 5.56 Å². The van der Waals surface area contributed by atoms with Gasteiger partial charge in [-0.1, -0.05) is 12.1 Å². The first-order valence-corrected chi connectivity index (χ1v) is 5.57. The molecule has 4 nitrogen and oxygen atoms in total. The van der Waals surface area contributed by atoms with Crippen LogP contribution in [0, 0.1) is 0 Å². The third kappa shape index (κ3) is 2.53. The number of carbonyl (C=O) groups excluding carboxylic acids is 3. The Morgan fingerprint density at radius 3 is 2.12 bits per heavy atom. The van der Waals surface area contributed by atoms with Crippen molar-refractivity contribution in [2.24, 2.45) is 0 Å². The first-order valence-electron chi connectivity index (χ1n) is 5.20. The van der Waals surface area contributed by atoms with E-state index in [9.17, 15) is 14.4 Å². The molecule has 0 spiro atoms. The molecule has 1 aromatic rings. The number of amides is 2. The van der Waals surface area contributed by atoms with Crippen LogP contribution in [0.1, 0.15) is 28.8 Å². The van der Waals surface area contributed by atoms with Gasteiger partial charge in [-0.3, -0.25) is 19.3 Å². The van der Waals surface area contributed by atoms with Gasteiger partial charge in [0.1, 0.15) is 0 Å². The second kappa shape index (κ2) is 4.67. The Bertz CT molecular complexity index is 465. The molecule has 0 radical (unpaired) electrons. The van der Waals surface area contributed by atoms with Crippen LogP contribution in [0.3, 0.4) is 0 Å². The largest absolute Gasteiger partial charge is 0.278 e. The number of nitrogens with zero attached hydrogens (tertiary/aromatic N) is 1. The molecule has 1 saturated heterocycles. The summed E-state index contributed by atoms with van der Waals surface area (Å²) in [6.45, 7) is 0.258. The lowest BCUT2D eigenvalue weighted by Gasteiger charge is -2.13. The number of hydrogen-bond acceptors (Lipinski definition) is 3. The van der Waals surface area contributed by atoms with Crippen LogP contribution in [0.4, 0.5) is 0 Å². The quantitative estimate of drug-likeness (QED) is 0.607. The number of carbonyl (C=O) groups is 3. The highest BCUT2D eigenvalue weighted by Gasteiger charge is 2.28. The van der Waals surface area contributed by atoms with E-state index in [2.05, 4.69) is 0 Å². The van der Waals surface area contributed by atoms with E-state index in [1.807, 2.05) is 0 Å². The Hall–Kier alpha value is -1.68. The van der Waals surface area contributed by atoms with Gasteiger partial charge in [-0.2, -0.15) is 0 Å². The third-order valence-electron chi connectivity index (χ3n) is 2.68. The molecule has 2 rings (SSSR count). The summed E-state index contributed by atoms with van der Waals surface area (Å²) in [5.74, 6) is -0.292. The van der Waals surface area contributed by atoms with Gasteiger partial charge >= 0.3 is 0 Å².